The molecule has 1 aliphatic heterocycles. The van der Waals surface area contributed by atoms with Crippen LogP contribution in [0.15, 0.2) is 0 Å². The van der Waals surface area contributed by atoms with Crippen LogP contribution in [0, 0.1) is 5.92 Å². The first-order chi connectivity index (χ1) is 7.84. The summed E-state index contributed by atoms with van der Waals surface area (Å²) in [7, 11) is 0. The highest BCUT2D eigenvalue weighted by Crippen LogP contribution is 2.28. The molecule has 96 valence electrons. The van der Waals surface area contributed by atoms with Crippen LogP contribution in [0.4, 0.5) is 0 Å². The molecule has 1 fully saturated rings. The van der Waals surface area contributed by atoms with E-state index in [1.807, 2.05) is 0 Å². The van der Waals surface area contributed by atoms with E-state index in [9.17, 15) is 0 Å². The first-order valence-corrected chi connectivity index (χ1v) is 7.54. The molecule has 0 aromatic rings. The molecule has 1 saturated heterocycles. The van der Waals surface area contributed by atoms with Crippen molar-refractivity contribution in [2.75, 3.05) is 6.61 Å². The van der Waals surface area contributed by atoms with Gasteiger partial charge in [0.1, 0.15) is 5.56 Å². The van der Waals surface area contributed by atoms with Crippen molar-refractivity contribution in [3.8, 4) is 0 Å². The summed E-state index contributed by atoms with van der Waals surface area (Å²) in [6, 6.07) is 0. The molecule has 1 nitrogen and oxygen atoms in total. The summed E-state index contributed by atoms with van der Waals surface area (Å²) in [4.78, 5) is 0. The number of unbranched alkanes of at least 4 members (excludes halogenated alkanes) is 7. The maximum absolute atomic E-state index is 6.05. The summed E-state index contributed by atoms with van der Waals surface area (Å²) < 4.78 is 5.35. The number of ether oxygens (including phenoxy) is 1. The lowest BCUT2D eigenvalue weighted by molar-refractivity contribution is 0.150. The van der Waals surface area contributed by atoms with Crippen LogP contribution in [0.5, 0.6) is 0 Å². The van der Waals surface area contributed by atoms with E-state index in [-0.39, 0.29) is 5.56 Å². The number of alkyl halides is 1. The molecule has 0 radical (unpaired) electrons. The fourth-order valence-corrected chi connectivity index (χ4v) is 2.76. The minimum atomic E-state index is 0.00422. The van der Waals surface area contributed by atoms with Gasteiger partial charge in [-0.15, -0.1) is 0 Å². The zero-order valence-corrected chi connectivity index (χ0v) is 11.5. The van der Waals surface area contributed by atoms with Crippen molar-refractivity contribution in [1.29, 1.82) is 0 Å². The van der Waals surface area contributed by atoms with Gasteiger partial charge < -0.3 is 4.74 Å². The van der Waals surface area contributed by atoms with E-state index < -0.39 is 0 Å². The Hall–Kier alpha value is 0.250. The first-order valence-electron chi connectivity index (χ1n) is 7.10. The van der Waals surface area contributed by atoms with Gasteiger partial charge in [-0.1, -0.05) is 69.9 Å². The van der Waals surface area contributed by atoms with Gasteiger partial charge >= 0.3 is 0 Å². The van der Waals surface area contributed by atoms with Crippen LogP contribution >= 0.6 is 11.6 Å². The molecule has 2 atom stereocenters. The summed E-state index contributed by atoms with van der Waals surface area (Å²) in [5, 5.41) is 0. The summed E-state index contributed by atoms with van der Waals surface area (Å²) in [6.07, 6.45) is 13.6. The van der Waals surface area contributed by atoms with Gasteiger partial charge in [0.25, 0.3) is 0 Å². The van der Waals surface area contributed by atoms with Gasteiger partial charge in [-0.05, 0) is 12.8 Å². The van der Waals surface area contributed by atoms with E-state index in [0.29, 0.717) is 5.92 Å². The number of rotatable bonds is 9. The Morgan fingerprint density at radius 2 is 1.62 bits per heavy atom. The van der Waals surface area contributed by atoms with Crippen LogP contribution in [-0.4, -0.2) is 12.2 Å². The minimum absolute atomic E-state index is 0.00422. The van der Waals surface area contributed by atoms with Crippen molar-refractivity contribution in [2.45, 2.75) is 76.7 Å². The smallest absolute Gasteiger partial charge is 0.134 e. The Balaban J connectivity index is 1.81. The molecule has 1 aliphatic rings. The number of hydrogen-bond donors (Lipinski definition) is 0. The quantitative estimate of drug-likeness (QED) is 0.405. The van der Waals surface area contributed by atoms with E-state index in [1.165, 1.54) is 64.2 Å². The zero-order chi connectivity index (χ0) is 11.6. The highest BCUT2D eigenvalue weighted by molar-refractivity contribution is 6.20. The Morgan fingerprint density at radius 1 is 1.00 bits per heavy atom. The third-order valence-electron chi connectivity index (χ3n) is 3.56. The van der Waals surface area contributed by atoms with Crippen molar-refractivity contribution < 1.29 is 4.74 Å². The van der Waals surface area contributed by atoms with E-state index in [1.54, 1.807) is 0 Å². The van der Waals surface area contributed by atoms with Crippen molar-refractivity contribution in [3.63, 3.8) is 0 Å². The van der Waals surface area contributed by atoms with Gasteiger partial charge in [0, 0.05) is 12.5 Å². The molecule has 0 amide bonds. The number of hydrogen-bond acceptors (Lipinski definition) is 1. The monoisotopic (exact) mass is 246 g/mol. The zero-order valence-electron chi connectivity index (χ0n) is 10.7. The highest BCUT2D eigenvalue weighted by atomic mass is 35.5. The van der Waals surface area contributed by atoms with Crippen LogP contribution in [0.3, 0.4) is 0 Å². The fraction of sp³-hybridized carbons (Fsp3) is 1.00. The summed E-state index contributed by atoms with van der Waals surface area (Å²) in [5.41, 5.74) is 0.00422. The number of halogens is 1. The molecule has 0 bridgehead atoms. The third-order valence-corrected chi connectivity index (χ3v) is 4.05. The third kappa shape index (κ3) is 6.10. The van der Waals surface area contributed by atoms with Crippen molar-refractivity contribution in [3.05, 3.63) is 0 Å². The highest BCUT2D eigenvalue weighted by Gasteiger charge is 2.25. The van der Waals surface area contributed by atoms with Crippen LogP contribution < -0.4 is 0 Å². The Bertz CT molecular complexity index is 161. The maximum atomic E-state index is 6.05. The topological polar surface area (TPSA) is 9.23 Å². The van der Waals surface area contributed by atoms with E-state index in [0.717, 1.165) is 6.61 Å². The molecule has 1 heterocycles. The summed E-state index contributed by atoms with van der Waals surface area (Å²) >= 11 is 6.05. The summed E-state index contributed by atoms with van der Waals surface area (Å²) in [6.45, 7) is 3.14. The van der Waals surface area contributed by atoms with E-state index in [4.69, 9.17) is 16.3 Å². The minimum Gasteiger partial charge on any atom is -0.362 e. The Labute approximate surface area is 106 Å². The van der Waals surface area contributed by atoms with Crippen LogP contribution in [-0.2, 0) is 4.74 Å². The second-order valence-corrected chi connectivity index (χ2v) is 5.46. The predicted octanol–water partition coefficient (Wildman–Crippen LogP) is 5.12. The van der Waals surface area contributed by atoms with Crippen LogP contribution in [0.25, 0.3) is 0 Å². The van der Waals surface area contributed by atoms with Crippen LogP contribution in [0.2, 0.25) is 0 Å². The van der Waals surface area contributed by atoms with Gasteiger partial charge in [0.05, 0.1) is 0 Å². The predicted molar refractivity (Wildman–Crippen MR) is 70.9 cm³/mol. The average Bonchev–Trinajstić information content (AvgIpc) is 2.68. The Morgan fingerprint density at radius 3 is 2.19 bits per heavy atom. The molecule has 2 heteroatoms. The molecule has 0 aromatic heterocycles. The fourth-order valence-electron chi connectivity index (χ4n) is 2.41. The lowest BCUT2D eigenvalue weighted by atomic mass is 9.99. The van der Waals surface area contributed by atoms with Crippen molar-refractivity contribution in [1.82, 2.24) is 0 Å². The van der Waals surface area contributed by atoms with Gasteiger partial charge in [-0.3, -0.25) is 0 Å². The second kappa shape index (κ2) is 9.30. The largest absolute Gasteiger partial charge is 0.362 e. The molecule has 0 saturated carbocycles. The second-order valence-electron chi connectivity index (χ2n) is 5.03. The van der Waals surface area contributed by atoms with E-state index in [2.05, 4.69) is 6.92 Å². The van der Waals surface area contributed by atoms with Gasteiger partial charge in [-0.2, -0.15) is 0 Å². The molecule has 0 spiro atoms. The molecule has 0 N–H and O–H groups in total. The molecule has 0 aromatic carbocycles. The molecule has 2 unspecified atom stereocenters. The molecule has 16 heavy (non-hydrogen) atoms. The lowest BCUT2D eigenvalue weighted by Crippen LogP contribution is -2.07. The van der Waals surface area contributed by atoms with Crippen molar-refractivity contribution >= 4 is 11.6 Å². The Kier molecular flexibility index (Phi) is 8.32. The van der Waals surface area contributed by atoms with E-state index >= 15 is 0 Å². The molecular weight excluding hydrogens is 220 g/mol. The lowest BCUT2D eigenvalue weighted by Gasteiger charge is -2.11. The van der Waals surface area contributed by atoms with Crippen molar-refractivity contribution in [2.24, 2.45) is 5.92 Å². The average molecular weight is 247 g/mol. The molecular formula is C14H27ClO. The molecule has 1 rings (SSSR count). The molecule has 0 aliphatic carbocycles. The normalized spacial score (nSPS) is 25.1. The van der Waals surface area contributed by atoms with Gasteiger partial charge in [0.2, 0.25) is 0 Å². The SMILES string of the molecule is CCCCCCCCCCC1CCOC1Cl. The maximum Gasteiger partial charge on any atom is 0.134 e. The standard InChI is InChI=1S/C14H27ClO/c1-2-3-4-5-6-7-8-9-10-13-11-12-16-14(13)15/h13-14H,2-12H2,1H3. The summed E-state index contributed by atoms with van der Waals surface area (Å²) in [5.74, 6) is 0.627. The van der Waals surface area contributed by atoms with Crippen LogP contribution in [0.1, 0.15) is 71.1 Å². The van der Waals surface area contributed by atoms with Gasteiger partial charge in [0.15, 0.2) is 0 Å². The first kappa shape index (κ1) is 14.3. The van der Waals surface area contributed by atoms with Gasteiger partial charge in [-0.25, -0.2) is 0 Å².